The number of nitrogens with zero attached hydrogens (tertiary/aromatic N) is 2. The van der Waals surface area contributed by atoms with Gasteiger partial charge in [-0.15, -0.1) is 0 Å². The first-order chi connectivity index (χ1) is 13.2. The fraction of sp³-hybridized carbons (Fsp3) is 0.238. The van der Waals surface area contributed by atoms with Gasteiger partial charge in [0.15, 0.2) is 0 Å². The molecule has 0 atom stereocenters. The number of esters is 1. The highest BCUT2D eigenvalue weighted by atomic mass is 32.2. The first kappa shape index (κ1) is 18.4. The normalized spacial score (nSPS) is 15.3. The Kier molecular flexibility index (Phi) is 4.15. The summed E-state index contributed by atoms with van der Waals surface area (Å²) in [6, 6.07) is 14.3. The van der Waals surface area contributed by atoms with Crippen LogP contribution in [0.3, 0.4) is 0 Å². The highest BCUT2D eigenvalue weighted by molar-refractivity contribution is 7.90. The van der Waals surface area contributed by atoms with Crippen LogP contribution in [0.5, 0.6) is 0 Å². The van der Waals surface area contributed by atoms with Gasteiger partial charge in [-0.3, -0.25) is 4.79 Å². The number of ether oxygens (including phenoxy) is 1. The van der Waals surface area contributed by atoms with E-state index in [9.17, 15) is 13.2 Å². The molecule has 0 fully saturated rings. The van der Waals surface area contributed by atoms with E-state index in [1.807, 2.05) is 45.0 Å². The van der Waals surface area contributed by atoms with Gasteiger partial charge in [0.25, 0.3) is 10.0 Å². The number of hydrogen-bond acceptors (Lipinski definition) is 4. The van der Waals surface area contributed by atoms with E-state index >= 15 is 0 Å². The van der Waals surface area contributed by atoms with Crippen molar-refractivity contribution in [1.82, 2.24) is 4.57 Å². The predicted molar refractivity (Wildman–Crippen MR) is 107 cm³/mol. The van der Waals surface area contributed by atoms with Crippen LogP contribution in [0.4, 0.5) is 0 Å². The number of fused-ring (bicyclic) bond motifs is 2. The summed E-state index contributed by atoms with van der Waals surface area (Å²) in [6.45, 7) is 5.48. The summed E-state index contributed by atoms with van der Waals surface area (Å²) < 4.78 is 36.1. The van der Waals surface area contributed by atoms with Crippen molar-refractivity contribution in [2.45, 2.75) is 37.8 Å². The topological polar surface area (TPSA) is 77.7 Å². The molecular formula is C21H20N2O4S. The van der Waals surface area contributed by atoms with Gasteiger partial charge in [-0.25, -0.2) is 0 Å². The summed E-state index contributed by atoms with van der Waals surface area (Å²) in [5.41, 5.74) is 1.88. The van der Waals surface area contributed by atoms with Crippen LogP contribution in [-0.4, -0.2) is 30.3 Å². The number of carbonyl (C=O) groups excluding carboxylic acids is 1. The lowest BCUT2D eigenvalue weighted by atomic mass is 10.0. The Morgan fingerprint density at radius 3 is 2.46 bits per heavy atom. The molecule has 0 amide bonds. The van der Waals surface area contributed by atoms with Crippen LogP contribution in [0, 0.1) is 0 Å². The molecule has 2 heterocycles. The van der Waals surface area contributed by atoms with Crippen molar-refractivity contribution >= 4 is 32.6 Å². The second-order valence-corrected chi connectivity index (χ2v) is 9.26. The molecule has 6 nitrogen and oxygen atoms in total. The summed E-state index contributed by atoms with van der Waals surface area (Å²) in [4.78, 5) is 12.5. The lowest BCUT2D eigenvalue weighted by Crippen LogP contribution is -2.26. The van der Waals surface area contributed by atoms with Crippen molar-refractivity contribution in [3.05, 3.63) is 65.9 Å². The van der Waals surface area contributed by atoms with E-state index in [0.717, 1.165) is 10.9 Å². The molecule has 1 aromatic heterocycles. The van der Waals surface area contributed by atoms with Crippen LogP contribution in [0.1, 0.15) is 31.9 Å². The summed E-state index contributed by atoms with van der Waals surface area (Å²) in [5, 5.41) is 0.830. The van der Waals surface area contributed by atoms with Gasteiger partial charge < -0.3 is 9.30 Å². The first-order valence-corrected chi connectivity index (χ1v) is 10.3. The molecular weight excluding hydrogens is 376 g/mol. The monoisotopic (exact) mass is 396 g/mol. The highest BCUT2D eigenvalue weighted by Crippen LogP contribution is 2.32. The quantitative estimate of drug-likeness (QED) is 0.635. The van der Waals surface area contributed by atoms with Crippen LogP contribution in [0.25, 0.3) is 10.9 Å². The van der Waals surface area contributed by atoms with Crippen molar-refractivity contribution < 1.29 is 17.9 Å². The Morgan fingerprint density at radius 2 is 1.71 bits per heavy atom. The van der Waals surface area contributed by atoms with Crippen molar-refractivity contribution in [3.8, 4) is 0 Å². The Morgan fingerprint density at radius 1 is 1.04 bits per heavy atom. The average molecular weight is 396 g/mol. The van der Waals surface area contributed by atoms with E-state index in [4.69, 9.17) is 4.74 Å². The SMILES string of the molecule is CC(C)(C)OC(=O)Cn1cc(C2=NS(=O)(=O)c3ccccc32)c2ccccc21. The lowest BCUT2D eigenvalue weighted by molar-refractivity contribution is -0.155. The van der Waals surface area contributed by atoms with Crippen LogP contribution in [0.15, 0.2) is 64.0 Å². The van der Waals surface area contributed by atoms with Gasteiger partial charge in [-0.1, -0.05) is 36.4 Å². The number of rotatable bonds is 3. The molecule has 0 saturated carbocycles. The molecule has 0 bridgehead atoms. The van der Waals surface area contributed by atoms with Crippen molar-refractivity contribution in [2.75, 3.05) is 0 Å². The molecule has 4 rings (SSSR count). The minimum absolute atomic E-state index is 0.0272. The van der Waals surface area contributed by atoms with Gasteiger partial charge in [0, 0.05) is 28.2 Å². The number of para-hydroxylation sites is 1. The molecule has 7 heteroatoms. The molecule has 0 radical (unpaired) electrons. The summed E-state index contributed by atoms with van der Waals surface area (Å²) in [5.74, 6) is -0.360. The van der Waals surface area contributed by atoms with Crippen LogP contribution in [0.2, 0.25) is 0 Å². The Hall–Kier alpha value is -2.93. The maximum Gasteiger partial charge on any atom is 0.326 e. The molecule has 2 aromatic carbocycles. The average Bonchev–Trinajstić information content (AvgIpc) is 3.09. The fourth-order valence-electron chi connectivity index (χ4n) is 3.38. The zero-order valence-electron chi connectivity index (χ0n) is 15.8. The third kappa shape index (κ3) is 3.22. The maximum atomic E-state index is 12.4. The van der Waals surface area contributed by atoms with Crippen LogP contribution in [-0.2, 0) is 26.1 Å². The Bertz CT molecular complexity index is 1230. The van der Waals surface area contributed by atoms with Crippen LogP contribution >= 0.6 is 0 Å². The van der Waals surface area contributed by atoms with E-state index in [-0.39, 0.29) is 17.4 Å². The van der Waals surface area contributed by atoms with Crippen molar-refractivity contribution in [2.24, 2.45) is 4.40 Å². The Balaban J connectivity index is 1.83. The Labute approximate surface area is 163 Å². The van der Waals surface area contributed by atoms with E-state index < -0.39 is 15.6 Å². The summed E-state index contributed by atoms with van der Waals surface area (Å²) in [6.07, 6.45) is 1.77. The number of sulfonamides is 1. The standard InChI is InChI=1S/C21H20N2O4S/c1-21(2,3)27-19(24)13-23-12-16(14-8-4-6-10-17(14)23)20-15-9-5-7-11-18(15)28(25,26)22-20/h4-12H,13H2,1-3H3. The molecule has 28 heavy (non-hydrogen) atoms. The molecule has 0 aliphatic carbocycles. The predicted octanol–water partition coefficient (Wildman–Crippen LogP) is 3.52. The second-order valence-electron chi connectivity index (χ2n) is 7.69. The molecule has 0 N–H and O–H groups in total. The molecule has 0 saturated heterocycles. The zero-order chi connectivity index (χ0) is 20.1. The van der Waals surface area contributed by atoms with Gasteiger partial charge in [-0.2, -0.15) is 12.8 Å². The molecule has 0 spiro atoms. The molecule has 1 aliphatic rings. The lowest BCUT2D eigenvalue weighted by Gasteiger charge is -2.19. The van der Waals surface area contributed by atoms with Gasteiger partial charge >= 0.3 is 5.97 Å². The van der Waals surface area contributed by atoms with E-state index in [1.54, 1.807) is 35.0 Å². The van der Waals surface area contributed by atoms with Crippen molar-refractivity contribution in [3.63, 3.8) is 0 Å². The first-order valence-electron chi connectivity index (χ1n) is 8.90. The van der Waals surface area contributed by atoms with Crippen molar-refractivity contribution in [1.29, 1.82) is 0 Å². The minimum atomic E-state index is -3.72. The number of hydrogen-bond donors (Lipinski definition) is 0. The zero-order valence-corrected chi connectivity index (χ0v) is 16.7. The summed E-state index contributed by atoms with van der Waals surface area (Å²) >= 11 is 0. The largest absolute Gasteiger partial charge is 0.459 e. The van der Waals surface area contributed by atoms with Crippen LogP contribution < -0.4 is 0 Å². The number of benzene rings is 2. The third-order valence-corrected chi connectivity index (χ3v) is 5.73. The third-order valence-electron chi connectivity index (χ3n) is 4.39. The molecule has 144 valence electrons. The van der Waals surface area contributed by atoms with Gasteiger partial charge in [0.05, 0.1) is 10.6 Å². The fourth-order valence-corrected chi connectivity index (χ4v) is 4.61. The maximum absolute atomic E-state index is 12.4. The van der Waals surface area contributed by atoms with E-state index in [1.165, 1.54) is 0 Å². The molecule has 1 aliphatic heterocycles. The van der Waals surface area contributed by atoms with E-state index in [0.29, 0.717) is 16.8 Å². The summed E-state index contributed by atoms with van der Waals surface area (Å²) in [7, 11) is -3.72. The minimum Gasteiger partial charge on any atom is -0.459 e. The number of aromatic nitrogens is 1. The molecule has 0 unspecified atom stereocenters. The van der Waals surface area contributed by atoms with Gasteiger partial charge in [0.1, 0.15) is 12.1 Å². The molecule has 3 aromatic rings. The number of carbonyl (C=O) groups is 1. The van der Waals surface area contributed by atoms with E-state index in [2.05, 4.69) is 4.40 Å². The van der Waals surface area contributed by atoms with Gasteiger partial charge in [0.2, 0.25) is 0 Å². The van der Waals surface area contributed by atoms with Gasteiger partial charge in [-0.05, 0) is 32.9 Å². The highest BCUT2D eigenvalue weighted by Gasteiger charge is 2.31. The second kappa shape index (κ2) is 6.31. The smallest absolute Gasteiger partial charge is 0.326 e.